The fourth-order valence-corrected chi connectivity index (χ4v) is 3.44. The van der Waals surface area contributed by atoms with Gasteiger partial charge in [-0.1, -0.05) is 0 Å². The highest BCUT2D eigenvalue weighted by atomic mass is 16.2. The van der Waals surface area contributed by atoms with E-state index in [0.29, 0.717) is 18.8 Å². The molecule has 2 aliphatic carbocycles. The molecule has 2 aliphatic rings. The maximum absolute atomic E-state index is 12.4. The molecule has 0 spiro atoms. The number of carbonyl (C=O) groups is 1. The van der Waals surface area contributed by atoms with E-state index < -0.39 is 17.2 Å². The highest BCUT2D eigenvalue weighted by molar-refractivity contribution is 5.92. The van der Waals surface area contributed by atoms with Gasteiger partial charge in [-0.15, -0.1) is 0 Å². The van der Waals surface area contributed by atoms with Crippen molar-refractivity contribution in [1.29, 1.82) is 0 Å². The van der Waals surface area contributed by atoms with Crippen LogP contribution >= 0.6 is 0 Å². The predicted octanol–water partition coefficient (Wildman–Crippen LogP) is -0.279. The van der Waals surface area contributed by atoms with Crippen LogP contribution in [0.4, 0.5) is 0 Å². The summed E-state index contributed by atoms with van der Waals surface area (Å²) < 4.78 is 2.11. The highest BCUT2D eigenvalue weighted by Crippen LogP contribution is 2.40. The summed E-state index contributed by atoms with van der Waals surface area (Å²) in [6.45, 7) is 0. The molecule has 4 rings (SSSR count). The fourth-order valence-electron chi connectivity index (χ4n) is 3.44. The van der Waals surface area contributed by atoms with E-state index >= 15 is 0 Å². The number of carbonyl (C=O) groups excluding carboxylic acids is 1. The van der Waals surface area contributed by atoms with Crippen LogP contribution in [0.1, 0.15) is 59.5 Å². The third-order valence-electron chi connectivity index (χ3n) is 5.39. The van der Waals surface area contributed by atoms with Gasteiger partial charge in [0.15, 0.2) is 0 Å². The maximum atomic E-state index is 12.4. The molecular formula is C18H21N5O4. The highest BCUT2D eigenvalue weighted by Gasteiger charge is 2.34. The molecule has 27 heavy (non-hydrogen) atoms. The molecule has 2 saturated carbocycles. The van der Waals surface area contributed by atoms with Crippen molar-refractivity contribution in [2.45, 2.75) is 43.6 Å². The average molecular weight is 371 g/mol. The first-order valence-electron chi connectivity index (χ1n) is 9.02. The van der Waals surface area contributed by atoms with Crippen molar-refractivity contribution < 1.29 is 4.79 Å². The first-order chi connectivity index (χ1) is 12.8. The summed E-state index contributed by atoms with van der Waals surface area (Å²) in [5.41, 5.74) is -0.386. The average Bonchev–Trinajstić information content (AvgIpc) is 3.43. The largest absolute Gasteiger partial charge is 0.348 e. The van der Waals surface area contributed by atoms with Crippen molar-refractivity contribution in [3.8, 4) is 0 Å². The quantitative estimate of drug-likeness (QED) is 0.766. The molecule has 0 aromatic carbocycles. The number of hydrogen-bond donors (Lipinski definition) is 2. The summed E-state index contributed by atoms with van der Waals surface area (Å²) in [4.78, 5) is 55.4. The van der Waals surface area contributed by atoms with Gasteiger partial charge in [0.25, 0.3) is 17.0 Å². The Morgan fingerprint density at radius 1 is 1.11 bits per heavy atom. The van der Waals surface area contributed by atoms with Gasteiger partial charge in [-0.05, 0) is 25.7 Å². The lowest BCUT2D eigenvalue weighted by molar-refractivity contribution is 0.0897. The Kier molecular flexibility index (Phi) is 4.09. The van der Waals surface area contributed by atoms with Gasteiger partial charge in [0.1, 0.15) is 11.5 Å². The topological polar surface area (TPSA) is 119 Å². The molecule has 1 amide bonds. The second-order valence-corrected chi connectivity index (χ2v) is 7.44. The smallest absolute Gasteiger partial charge is 0.331 e. The van der Waals surface area contributed by atoms with Gasteiger partial charge in [-0.3, -0.25) is 23.5 Å². The second-order valence-electron chi connectivity index (χ2n) is 7.44. The SMILES string of the molecule is Cn1c(C(=O)NC2CC(c3cc(=O)[nH]c(C4CC4)n3)C2)cc(=O)n(C)c1=O. The standard InChI is InChI=1S/C18H21N5O4/c1-22-13(8-15(25)23(2)18(22)27)17(26)19-11-5-10(6-11)12-7-14(24)21-16(20-12)9-3-4-9/h7-11H,3-6H2,1-2H3,(H,19,26)(H,20,21,24). The summed E-state index contributed by atoms with van der Waals surface area (Å²) in [6.07, 6.45) is 3.46. The molecule has 2 heterocycles. The monoisotopic (exact) mass is 371 g/mol. The molecule has 9 nitrogen and oxygen atoms in total. The molecule has 0 atom stereocenters. The predicted molar refractivity (Wildman–Crippen MR) is 97.0 cm³/mol. The minimum absolute atomic E-state index is 0.0388. The molecule has 0 aliphatic heterocycles. The number of H-pyrrole nitrogens is 1. The minimum atomic E-state index is -0.542. The lowest BCUT2D eigenvalue weighted by Crippen LogP contribution is -2.47. The van der Waals surface area contributed by atoms with E-state index in [1.807, 2.05) is 0 Å². The summed E-state index contributed by atoms with van der Waals surface area (Å²) >= 11 is 0. The Hall–Kier alpha value is -2.97. The molecule has 2 aromatic rings. The summed E-state index contributed by atoms with van der Waals surface area (Å²) in [5, 5.41) is 2.85. The molecule has 2 fully saturated rings. The van der Waals surface area contributed by atoms with Crippen molar-refractivity contribution in [1.82, 2.24) is 24.4 Å². The molecule has 0 saturated heterocycles. The van der Waals surface area contributed by atoms with Crippen molar-refractivity contribution in [3.63, 3.8) is 0 Å². The molecule has 0 radical (unpaired) electrons. The number of hydrogen-bond acceptors (Lipinski definition) is 5. The zero-order valence-corrected chi connectivity index (χ0v) is 15.2. The van der Waals surface area contributed by atoms with E-state index in [9.17, 15) is 19.2 Å². The molecule has 0 bridgehead atoms. The number of aromatic nitrogens is 4. The number of nitrogens with zero attached hydrogens (tertiary/aromatic N) is 3. The summed E-state index contributed by atoms with van der Waals surface area (Å²) in [7, 11) is 2.83. The van der Waals surface area contributed by atoms with Gasteiger partial charge in [0, 0.05) is 44.1 Å². The number of nitrogens with one attached hydrogen (secondary N) is 2. The third kappa shape index (κ3) is 3.24. The number of amides is 1. The summed E-state index contributed by atoms with van der Waals surface area (Å²) in [6, 6.07) is 2.61. The van der Waals surface area contributed by atoms with Crippen molar-refractivity contribution in [3.05, 3.63) is 60.5 Å². The van der Waals surface area contributed by atoms with Crippen LogP contribution in [0.2, 0.25) is 0 Å². The van der Waals surface area contributed by atoms with Crippen molar-refractivity contribution in [2.75, 3.05) is 0 Å². The first kappa shape index (κ1) is 17.4. The van der Waals surface area contributed by atoms with Gasteiger partial charge >= 0.3 is 5.69 Å². The van der Waals surface area contributed by atoms with Gasteiger partial charge in [-0.25, -0.2) is 9.78 Å². The van der Waals surface area contributed by atoms with Crippen molar-refractivity contribution in [2.24, 2.45) is 14.1 Å². The lowest BCUT2D eigenvalue weighted by Gasteiger charge is -2.35. The fraction of sp³-hybridized carbons (Fsp3) is 0.500. The second kappa shape index (κ2) is 6.33. The van der Waals surface area contributed by atoms with Gasteiger partial charge in [-0.2, -0.15) is 0 Å². The normalized spacial score (nSPS) is 21.6. The molecule has 0 unspecified atom stereocenters. The lowest BCUT2D eigenvalue weighted by atomic mass is 9.78. The van der Waals surface area contributed by atoms with Crippen LogP contribution in [-0.2, 0) is 14.1 Å². The van der Waals surface area contributed by atoms with Gasteiger partial charge in [0.05, 0.1) is 5.69 Å². The Labute approximate surface area is 154 Å². The maximum Gasteiger partial charge on any atom is 0.331 e. The zero-order valence-electron chi connectivity index (χ0n) is 15.2. The summed E-state index contributed by atoms with van der Waals surface area (Å²) in [5.74, 6) is 0.811. The van der Waals surface area contributed by atoms with E-state index in [1.54, 1.807) is 0 Å². The van der Waals surface area contributed by atoms with Crippen LogP contribution in [0.25, 0.3) is 0 Å². The first-order valence-corrected chi connectivity index (χ1v) is 9.02. The van der Waals surface area contributed by atoms with Crippen LogP contribution < -0.4 is 22.1 Å². The van der Waals surface area contributed by atoms with Crippen LogP contribution in [-0.4, -0.2) is 31.1 Å². The van der Waals surface area contributed by atoms with Crippen molar-refractivity contribution >= 4 is 5.91 Å². The molecule has 142 valence electrons. The van der Waals surface area contributed by atoms with Gasteiger partial charge < -0.3 is 10.3 Å². The van der Waals surface area contributed by atoms with Crippen LogP contribution in [0.3, 0.4) is 0 Å². The van der Waals surface area contributed by atoms with E-state index in [4.69, 9.17) is 0 Å². The van der Waals surface area contributed by atoms with Crippen LogP contribution in [0, 0.1) is 0 Å². The van der Waals surface area contributed by atoms with Crippen LogP contribution in [0.5, 0.6) is 0 Å². The number of aromatic amines is 1. The van der Waals surface area contributed by atoms with Gasteiger partial charge in [0.2, 0.25) is 0 Å². The van der Waals surface area contributed by atoms with E-state index in [2.05, 4.69) is 15.3 Å². The minimum Gasteiger partial charge on any atom is -0.348 e. The third-order valence-corrected chi connectivity index (χ3v) is 5.39. The Morgan fingerprint density at radius 3 is 2.48 bits per heavy atom. The Balaban J connectivity index is 1.44. The molecule has 9 heteroatoms. The molecule has 2 N–H and O–H groups in total. The number of rotatable bonds is 4. The van der Waals surface area contributed by atoms with Crippen LogP contribution in [0.15, 0.2) is 26.5 Å². The van der Waals surface area contributed by atoms with E-state index in [0.717, 1.165) is 39.6 Å². The Bertz CT molecular complexity index is 1090. The zero-order chi connectivity index (χ0) is 19.3. The molecule has 2 aromatic heterocycles. The molecular weight excluding hydrogens is 350 g/mol. The van der Waals surface area contributed by atoms with E-state index in [-0.39, 0.29) is 23.2 Å². The Morgan fingerprint density at radius 2 is 1.81 bits per heavy atom. The van der Waals surface area contributed by atoms with E-state index in [1.165, 1.54) is 20.2 Å².